The zero-order valence-corrected chi connectivity index (χ0v) is 21.9. The molecule has 0 aliphatic heterocycles. The fourth-order valence-electron chi connectivity index (χ4n) is 5.06. The molecule has 194 valence electrons. The summed E-state index contributed by atoms with van der Waals surface area (Å²) in [5.41, 5.74) is 1.23. The third-order valence-corrected chi connectivity index (χ3v) is 7.23. The molecule has 0 aromatic carbocycles. The van der Waals surface area contributed by atoms with E-state index in [0.717, 1.165) is 19.3 Å². The van der Waals surface area contributed by atoms with Crippen LogP contribution in [0.2, 0.25) is 0 Å². The van der Waals surface area contributed by atoms with Crippen LogP contribution in [0.25, 0.3) is 0 Å². The van der Waals surface area contributed by atoms with E-state index in [0.29, 0.717) is 24.9 Å². The average molecular weight is 479 g/mol. The number of allylic oxidation sites excluding steroid dienone is 3. The van der Waals surface area contributed by atoms with Gasteiger partial charge in [-0.15, -0.1) is 0 Å². The minimum absolute atomic E-state index is 0.104. The van der Waals surface area contributed by atoms with E-state index in [1.54, 1.807) is 0 Å². The van der Waals surface area contributed by atoms with Crippen LogP contribution >= 0.6 is 0 Å². The number of hydrogen-bond donors (Lipinski definition) is 2. The number of carbonyl (C=O) groups excluding carboxylic acids is 2. The SMILES string of the molecule is CC[C@H](C)C(=O)O[C@H]1C[C@@H](C)C=C2C=C[C@H](C)[C@H](CC[C@@H](O)C[C@@H](O)CC(=O)OCC(C)C)C21. The van der Waals surface area contributed by atoms with E-state index in [1.165, 1.54) is 5.57 Å². The fourth-order valence-corrected chi connectivity index (χ4v) is 5.06. The van der Waals surface area contributed by atoms with Crippen molar-refractivity contribution in [2.45, 2.75) is 98.4 Å². The molecule has 0 radical (unpaired) electrons. The van der Waals surface area contributed by atoms with E-state index in [4.69, 9.17) is 9.47 Å². The van der Waals surface area contributed by atoms with Gasteiger partial charge in [-0.1, -0.05) is 59.8 Å². The highest BCUT2D eigenvalue weighted by atomic mass is 16.5. The molecule has 8 atom stereocenters. The lowest BCUT2D eigenvalue weighted by atomic mass is 9.65. The second-order valence-corrected chi connectivity index (χ2v) is 11.0. The summed E-state index contributed by atoms with van der Waals surface area (Å²) in [5, 5.41) is 20.8. The molecular formula is C28H46O6. The first-order valence-corrected chi connectivity index (χ1v) is 13.1. The Hall–Kier alpha value is -1.66. The molecule has 0 spiro atoms. The van der Waals surface area contributed by atoms with Crippen LogP contribution in [-0.2, 0) is 19.1 Å². The molecule has 0 aromatic rings. The maximum atomic E-state index is 12.6. The van der Waals surface area contributed by atoms with Crippen LogP contribution in [0, 0.1) is 35.5 Å². The molecule has 6 nitrogen and oxygen atoms in total. The molecule has 0 bridgehead atoms. The molecule has 1 unspecified atom stereocenters. The molecule has 2 N–H and O–H groups in total. The van der Waals surface area contributed by atoms with Crippen molar-refractivity contribution in [2.75, 3.05) is 6.61 Å². The predicted octanol–water partition coefficient (Wildman–Crippen LogP) is 4.83. The topological polar surface area (TPSA) is 93.1 Å². The van der Waals surface area contributed by atoms with Gasteiger partial charge < -0.3 is 19.7 Å². The summed E-state index contributed by atoms with van der Waals surface area (Å²) >= 11 is 0. The third kappa shape index (κ3) is 8.53. The Bertz CT molecular complexity index is 726. The maximum Gasteiger partial charge on any atom is 0.308 e. The average Bonchev–Trinajstić information content (AvgIpc) is 2.76. The van der Waals surface area contributed by atoms with Gasteiger partial charge >= 0.3 is 11.9 Å². The second kappa shape index (κ2) is 13.4. The lowest BCUT2D eigenvalue weighted by Crippen LogP contribution is -2.41. The van der Waals surface area contributed by atoms with Crippen LogP contribution in [0.1, 0.15) is 80.1 Å². The molecule has 2 aliphatic carbocycles. The van der Waals surface area contributed by atoms with Crippen molar-refractivity contribution in [1.29, 1.82) is 0 Å². The van der Waals surface area contributed by atoms with Crippen molar-refractivity contribution in [3.05, 3.63) is 23.8 Å². The van der Waals surface area contributed by atoms with Crippen LogP contribution in [0.3, 0.4) is 0 Å². The Morgan fingerprint density at radius 1 is 1.15 bits per heavy atom. The Kier molecular flexibility index (Phi) is 11.3. The van der Waals surface area contributed by atoms with E-state index in [2.05, 4.69) is 32.1 Å². The zero-order valence-electron chi connectivity index (χ0n) is 21.9. The zero-order chi connectivity index (χ0) is 25.4. The predicted molar refractivity (Wildman–Crippen MR) is 133 cm³/mol. The van der Waals surface area contributed by atoms with Gasteiger partial charge in [-0.2, -0.15) is 0 Å². The van der Waals surface area contributed by atoms with Crippen LogP contribution in [0.5, 0.6) is 0 Å². The van der Waals surface area contributed by atoms with Gasteiger partial charge in [-0.05, 0) is 61.3 Å². The van der Waals surface area contributed by atoms with Crippen molar-refractivity contribution in [2.24, 2.45) is 35.5 Å². The van der Waals surface area contributed by atoms with Crippen LogP contribution in [0.4, 0.5) is 0 Å². The van der Waals surface area contributed by atoms with E-state index in [9.17, 15) is 19.8 Å². The molecule has 6 heteroatoms. The van der Waals surface area contributed by atoms with E-state index in [-0.39, 0.29) is 48.6 Å². The van der Waals surface area contributed by atoms with Gasteiger partial charge in [-0.3, -0.25) is 9.59 Å². The van der Waals surface area contributed by atoms with Crippen LogP contribution in [-0.4, -0.2) is 47.1 Å². The van der Waals surface area contributed by atoms with Gasteiger partial charge in [0, 0.05) is 5.92 Å². The Morgan fingerprint density at radius 2 is 1.85 bits per heavy atom. The molecule has 0 heterocycles. The fraction of sp³-hybridized carbons (Fsp3) is 0.786. The van der Waals surface area contributed by atoms with Crippen molar-refractivity contribution >= 4 is 11.9 Å². The minimum Gasteiger partial charge on any atom is -0.465 e. The number of hydrogen-bond acceptors (Lipinski definition) is 6. The maximum absolute atomic E-state index is 12.6. The van der Waals surface area contributed by atoms with Gasteiger partial charge in [0.25, 0.3) is 0 Å². The molecular weight excluding hydrogens is 432 g/mol. The summed E-state index contributed by atoms with van der Waals surface area (Å²) in [6.07, 6.45) is 7.77. The van der Waals surface area contributed by atoms with Gasteiger partial charge in [0.2, 0.25) is 0 Å². The highest BCUT2D eigenvalue weighted by Gasteiger charge is 2.41. The van der Waals surface area contributed by atoms with Crippen molar-refractivity contribution in [3.63, 3.8) is 0 Å². The molecule has 2 aliphatic rings. The summed E-state index contributed by atoms with van der Waals surface area (Å²) in [4.78, 5) is 24.5. The summed E-state index contributed by atoms with van der Waals surface area (Å²) in [6, 6.07) is 0. The molecule has 2 rings (SSSR count). The molecule has 0 fully saturated rings. The lowest BCUT2D eigenvalue weighted by Gasteiger charge is -2.43. The van der Waals surface area contributed by atoms with Crippen LogP contribution < -0.4 is 0 Å². The summed E-state index contributed by atoms with van der Waals surface area (Å²) < 4.78 is 11.2. The molecule has 0 aromatic heterocycles. The van der Waals surface area contributed by atoms with E-state index < -0.39 is 18.2 Å². The largest absolute Gasteiger partial charge is 0.465 e. The van der Waals surface area contributed by atoms with Crippen molar-refractivity contribution < 1.29 is 29.3 Å². The third-order valence-electron chi connectivity index (χ3n) is 7.23. The summed E-state index contributed by atoms with van der Waals surface area (Å²) in [7, 11) is 0. The van der Waals surface area contributed by atoms with Gasteiger partial charge in [-0.25, -0.2) is 0 Å². The number of rotatable bonds is 12. The lowest BCUT2D eigenvalue weighted by molar-refractivity contribution is -0.158. The van der Waals surface area contributed by atoms with E-state index >= 15 is 0 Å². The Labute approximate surface area is 205 Å². The van der Waals surface area contributed by atoms with Gasteiger partial charge in [0.1, 0.15) is 6.10 Å². The van der Waals surface area contributed by atoms with Crippen molar-refractivity contribution in [3.8, 4) is 0 Å². The number of ether oxygens (including phenoxy) is 2. The number of aliphatic hydroxyl groups excluding tert-OH is 2. The van der Waals surface area contributed by atoms with Gasteiger partial charge in [0.05, 0.1) is 31.2 Å². The quantitative estimate of drug-likeness (QED) is 0.390. The number of carbonyl (C=O) groups is 2. The standard InChI is InChI=1S/C28H46O6/c1-7-19(5)28(32)34-25-13-18(4)12-21-9-8-20(6)24(27(21)25)11-10-22(29)14-23(30)15-26(31)33-16-17(2)3/h8-9,12,17-20,22-25,27,29-30H,7,10-11,13-16H2,1-6H3/t18-,19-,20-,22+,23+,24-,25-,27?/m0/s1. The first-order chi connectivity index (χ1) is 16.0. The van der Waals surface area contributed by atoms with Gasteiger partial charge in [0.15, 0.2) is 0 Å². The first-order valence-electron chi connectivity index (χ1n) is 13.1. The highest BCUT2D eigenvalue weighted by molar-refractivity contribution is 5.72. The number of esters is 2. The van der Waals surface area contributed by atoms with Crippen molar-refractivity contribution in [1.82, 2.24) is 0 Å². The monoisotopic (exact) mass is 478 g/mol. The normalized spacial score (nSPS) is 29.1. The summed E-state index contributed by atoms with van der Waals surface area (Å²) in [5.74, 6) is 0.558. The molecule has 34 heavy (non-hydrogen) atoms. The molecule has 0 saturated heterocycles. The Balaban J connectivity index is 1.98. The number of fused-ring (bicyclic) bond motifs is 1. The molecule has 0 saturated carbocycles. The highest BCUT2D eigenvalue weighted by Crippen LogP contribution is 2.45. The smallest absolute Gasteiger partial charge is 0.308 e. The minimum atomic E-state index is -0.923. The number of aliphatic hydroxyl groups is 2. The second-order valence-electron chi connectivity index (χ2n) is 11.0. The summed E-state index contributed by atoms with van der Waals surface area (Å²) in [6.45, 7) is 12.5. The van der Waals surface area contributed by atoms with Crippen LogP contribution in [0.15, 0.2) is 23.8 Å². The Morgan fingerprint density at radius 3 is 2.50 bits per heavy atom. The first kappa shape index (κ1) is 28.6. The van der Waals surface area contributed by atoms with E-state index in [1.807, 2.05) is 27.7 Å². The molecule has 0 amide bonds.